The molecule has 1 N–H and O–H groups in total. The number of benzene rings is 1. The van der Waals surface area contributed by atoms with Gasteiger partial charge in [0.2, 0.25) is 0 Å². The van der Waals surface area contributed by atoms with Gasteiger partial charge in [-0.25, -0.2) is 8.78 Å². The van der Waals surface area contributed by atoms with Crippen LogP contribution in [0.4, 0.5) is 14.5 Å². The molecular weight excluding hydrogens is 228 g/mol. The van der Waals surface area contributed by atoms with Crippen LogP contribution in [0.5, 0.6) is 0 Å². The van der Waals surface area contributed by atoms with Crippen LogP contribution < -0.4 is 5.32 Å². The fourth-order valence-electron chi connectivity index (χ4n) is 1.36. The maximum atomic E-state index is 13.3. The summed E-state index contributed by atoms with van der Waals surface area (Å²) in [4.78, 5) is 11.6. The monoisotopic (exact) mass is 237 g/mol. The van der Waals surface area contributed by atoms with E-state index in [1.54, 1.807) is 13.2 Å². The first-order valence-corrected chi connectivity index (χ1v) is 4.82. The summed E-state index contributed by atoms with van der Waals surface area (Å²) in [5.74, 6) is -2.92. The molecule has 0 aliphatic rings. The third kappa shape index (κ3) is 2.30. The summed E-state index contributed by atoms with van der Waals surface area (Å²) >= 11 is 0. The fourth-order valence-corrected chi connectivity index (χ4v) is 1.36. The third-order valence-corrected chi connectivity index (χ3v) is 2.16. The van der Waals surface area contributed by atoms with Gasteiger partial charge in [-0.2, -0.15) is 5.10 Å². The minimum atomic E-state index is -1.16. The van der Waals surface area contributed by atoms with Gasteiger partial charge in [-0.15, -0.1) is 0 Å². The van der Waals surface area contributed by atoms with Crippen molar-refractivity contribution >= 4 is 11.6 Å². The predicted molar refractivity (Wildman–Crippen MR) is 57.5 cm³/mol. The zero-order valence-corrected chi connectivity index (χ0v) is 8.95. The lowest BCUT2D eigenvalue weighted by molar-refractivity contribution is 0.102. The summed E-state index contributed by atoms with van der Waals surface area (Å²) in [6.45, 7) is 0. The zero-order chi connectivity index (χ0) is 12.4. The SMILES string of the molecule is Cn1cc(NC(=O)c2cccc(F)c2F)cn1. The lowest BCUT2D eigenvalue weighted by Crippen LogP contribution is -2.14. The first-order valence-electron chi connectivity index (χ1n) is 4.82. The van der Waals surface area contributed by atoms with E-state index in [2.05, 4.69) is 10.4 Å². The second-order valence-corrected chi connectivity index (χ2v) is 3.46. The molecule has 0 aliphatic carbocycles. The van der Waals surface area contributed by atoms with E-state index in [1.807, 2.05) is 0 Å². The molecule has 1 heterocycles. The predicted octanol–water partition coefficient (Wildman–Crippen LogP) is 1.95. The van der Waals surface area contributed by atoms with Gasteiger partial charge in [-0.1, -0.05) is 6.07 Å². The van der Waals surface area contributed by atoms with E-state index in [0.29, 0.717) is 5.69 Å². The Bertz CT molecular complexity index is 566. The number of amides is 1. The van der Waals surface area contributed by atoms with Crippen LogP contribution in [0, 0.1) is 11.6 Å². The molecule has 4 nitrogen and oxygen atoms in total. The van der Waals surface area contributed by atoms with Crippen molar-refractivity contribution in [1.29, 1.82) is 0 Å². The molecule has 0 atom stereocenters. The number of carbonyl (C=O) groups is 1. The number of anilines is 1. The van der Waals surface area contributed by atoms with Crippen LogP contribution in [-0.2, 0) is 7.05 Å². The Balaban J connectivity index is 2.23. The highest BCUT2D eigenvalue weighted by Crippen LogP contribution is 2.13. The van der Waals surface area contributed by atoms with Crippen LogP contribution >= 0.6 is 0 Å². The second kappa shape index (κ2) is 4.32. The van der Waals surface area contributed by atoms with Crippen molar-refractivity contribution in [3.05, 3.63) is 47.8 Å². The molecule has 0 saturated heterocycles. The van der Waals surface area contributed by atoms with Crippen molar-refractivity contribution in [2.45, 2.75) is 0 Å². The summed E-state index contributed by atoms with van der Waals surface area (Å²) in [5, 5.41) is 6.26. The number of hydrogen-bond acceptors (Lipinski definition) is 2. The first kappa shape index (κ1) is 11.3. The molecular formula is C11H9F2N3O. The lowest BCUT2D eigenvalue weighted by atomic mass is 10.2. The summed E-state index contributed by atoms with van der Waals surface area (Å²) in [7, 11) is 1.68. The van der Waals surface area contributed by atoms with Crippen LogP contribution in [0.15, 0.2) is 30.6 Å². The molecule has 1 amide bonds. The van der Waals surface area contributed by atoms with E-state index in [-0.39, 0.29) is 5.56 Å². The normalized spacial score (nSPS) is 10.3. The van der Waals surface area contributed by atoms with E-state index < -0.39 is 17.5 Å². The highest BCUT2D eigenvalue weighted by molar-refractivity contribution is 6.04. The minimum Gasteiger partial charge on any atom is -0.319 e. The fraction of sp³-hybridized carbons (Fsp3) is 0.0909. The van der Waals surface area contributed by atoms with Crippen molar-refractivity contribution in [3.8, 4) is 0 Å². The summed E-state index contributed by atoms with van der Waals surface area (Å²) in [6, 6.07) is 3.44. The molecule has 0 bridgehead atoms. The summed E-state index contributed by atoms with van der Waals surface area (Å²) in [5.41, 5.74) is 0.0787. The van der Waals surface area contributed by atoms with Gasteiger partial charge in [0, 0.05) is 13.2 Å². The number of nitrogens with zero attached hydrogens (tertiary/aromatic N) is 2. The number of nitrogens with one attached hydrogen (secondary N) is 1. The molecule has 0 spiro atoms. The maximum Gasteiger partial charge on any atom is 0.258 e. The molecule has 0 radical (unpaired) electrons. The second-order valence-electron chi connectivity index (χ2n) is 3.46. The molecule has 2 rings (SSSR count). The van der Waals surface area contributed by atoms with Gasteiger partial charge in [-0.3, -0.25) is 9.48 Å². The molecule has 0 saturated carbocycles. The Kier molecular flexibility index (Phi) is 2.86. The Morgan fingerprint density at radius 3 is 2.82 bits per heavy atom. The van der Waals surface area contributed by atoms with Crippen molar-refractivity contribution in [2.75, 3.05) is 5.32 Å². The van der Waals surface area contributed by atoms with Crippen LogP contribution in [0.3, 0.4) is 0 Å². The Hall–Kier alpha value is -2.24. The van der Waals surface area contributed by atoms with E-state index in [4.69, 9.17) is 0 Å². The van der Waals surface area contributed by atoms with E-state index in [0.717, 1.165) is 6.07 Å². The van der Waals surface area contributed by atoms with Gasteiger partial charge in [0.05, 0.1) is 17.4 Å². The highest BCUT2D eigenvalue weighted by atomic mass is 19.2. The largest absolute Gasteiger partial charge is 0.319 e. The van der Waals surface area contributed by atoms with E-state index in [1.165, 1.54) is 23.0 Å². The van der Waals surface area contributed by atoms with Gasteiger partial charge >= 0.3 is 0 Å². The maximum absolute atomic E-state index is 13.3. The molecule has 0 aliphatic heterocycles. The number of aromatic nitrogens is 2. The average Bonchev–Trinajstić information content (AvgIpc) is 2.68. The van der Waals surface area contributed by atoms with Gasteiger partial charge in [-0.05, 0) is 12.1 Å². The summed E-state index contributed by atoms with van der Waals surface area (Å²) < 4.78 is 27.7. The number of carbonyl (C=O) groups excluding carboxylic acids is 1. The molecule has 1 aromatic heterocycles. The van der Waals surface area contributed by atoms with Gasteiger partial charge in [0.15, 0.2) is 11.6 Å². The van der Waals surface area contributed by atoms with Crippen molar-refractivity contribution in [3.63, 3.8) is 0 Å². The quantitative estimate of drug-likeness (QED) is 0.867. The number of halogens is 2. The van der Waals surface area contributed by atoms with Crippen LogP contribution in [0.25, 0.3) is 0 Å². The molecule has 0 unspecified atom stereocenters. The number of rotatable bonds is 2. The highest BCUT2D eigenvalue weighted by Gasteiger charge is 2.15. The smallest absolute Gasteiger partial charge is 0.258 e. The lowest BCUT2D eigenvalue weighted by Gasteiger charge is -2.03. The average molecular weight is 237 g/mol. The number of hydrogen-bond donors (Lipinski definition) is 1. The molecule has 0 fully saturated rings. The topological polar surface area (TPSA) is 46.9 Å². The molecule has 2 aromatic rings. The molecule has 1 aromatic carbocycles. The van der Waals surface area contributed by atoms with Crippen molar-refractivity contribution in [1.82, 2.24) is 9.78 Å². The Morgan fingerprint density at radius 1 is 1.41 bits per heavy atom. The van der Waals surface area contributed by atoms with E-state index in [9.17, 15) is 13.6 Å². The standard InChI is InChI=1S/C11H9F2N3O/c1-16-6-7(5-14-16)15-11(17)8-3-2-4-9(12)10(8)13/h2-6H,1H3,(H,15,17). The Morgan fingerprint density at radius 2 is 2.18 bits per heavy atom. The minimum absolute atomic E-state index is 0.339. The van der Waals surface area contributed by atoms with Gasteiger partial charge in [0.1, 0.15) is 0 Å². The van der Waals surface area contributed by atoms with Crippen LogP contribution in [-0.4, -0.2) is 15.7 Å². The van der Waals surface area contributed by atoms with Gasteiger partial charge in [0.25, 0.3) is 5.91 Å². The molecule has 17 heavy (non-hydrogen) atoms. The third-order valence-electron chi connectivity index (χ3n) is 2.16. The van der Waals surface area contributed by atoms with Crippen molar-refractivity contribution in [2.24, 2.45) is 7.05 Å². The zero-order valence-electron chi connectivity index (χ0n) is 8.95. The Labute approximate surface area is 95.9 Å². The van der Waals surface area contributed by atoms with Crippen molar-refractivity contribution < 1.29 is 13.6 Å². The molecule has 6 heteroatoms. The van der Waals surface area contributed by atoms with Gasteiger partial charge < -0.3 is 5.32 Å². The van der Waals surface area contributed by atoms with Crippen LogP contribution in [0.1, 0.15) is 10.4 Å². The summed E-state index contributed by atoms with van der Waals surface area (Å²) in [6.07, 6.45) is 2.96. The molecule has 88 valence electrons. The van der Waals surface area contributed by atoms with Crippen LogP contribution in [0.2, 0.25) is 0 Å². The first-order chi connectivity index (χ1) is 8.08. The van der Waals surface area contributed by atoms with E-state index >= 15 is 0 Å². The number of aryl methyl sites for hydroxylation is 1.